The molecule has 1 aromatic rings. The second-order valence-corrected chi connectivity index (χ2v) is 6.79. The van der Waals surface area contributed by atoms with Crippen LogP contribution in [0.25, 0.3) is 0 Å². The van der Waals surface area contributed by atoms with E-state index in [1.54, 1.807) is 11.0 Å². The van der Waals surface area contributed by atoms with Gasteiger partial charge in [-0.3, -0.25) is 9.59 Å². The molecular weight excluding hydrogens is 337 g/mol. The van der Waals surface area contributed by atoms with Crippen LogP contribution in [0.3, 0.4) is 0 Å². The van der Waals surface area contributed by atoms with Crippen LogP contribution in [-0.2, 0) is 9.59 Å². The second kappa shape index (κ2) is 6.57. The molecule has 0 N–H and O–H groups in total. The van der Waals surface area contributed by atoms with Gasteiger partial charge in [0, 0.05) is 46.2 Å². The van der Waals surface area contributed by atoms with Crippen LogP contribution >= 0.6 is 23.2 Å². The van der Waals surface area contributed by atoms with Crippen LogP contribution in [0, 0.1) is 5.92 Å². The average Bonchev–Trinajstić information content (AvgIpc) is 2.48. The first kappa shape index (κ1) is 16.4. The number of halogens is 2. The summed E-state index contributed by atoms with van der Waals surface area (Å²) in [5.41, 5.74) is 0.915. The maximum absolute atomic E-state index is 12.4. The van der Waals surface area contributed by atoms with E-state index in [1.807, 2.05) is 17.0 Å². The van der Waals surface area contributed by atoms with E-state index in [0.29, 0.717) is 36.2 Å². The molecule has 0 radical (unpaired) electrons. The molecule has 2 heterocycles. The third-order valence-corrected chi connectivity index (χ3v) is 5.35. The van der Waals surface area contributed by atoms with Crippen molar-refractivity contribution in [2.45, 2.75) is 6.92 Å². The lowest BCUT2D eigenvalue weighted by molar-refractivity contribution is -0.147. The third kappa shape index (κ3) is 3.26. The predicted octanol–water partition coefficient (Wildman–Crippen LogP) is 2.12. The fraction of sp³-hybridized carbons (Fsp3) is 0.500. The molecule has 0 atom stereocenters. The second-order valence-electron chi connectivity index (χ2n) is 6.01. The van der Waals surface area contributed by atoms with Gasteiger partial charge in [0.05, 0.1) is 21.7 Å². The van der Waals surface area contributed by atoms with Crippen LogP contribution in [0.5, 0.6) is 0 Å². The topological polar surface area (TPSA) is 43.9 Å². The van der Waals surface area contributed by atoms with Crippen LogP contribution < -0.4 is 4.90 Å². The van der Waals surface area contributed by atoms with Crippen LogP contribution in [0.15, 0.2) is 18.2 Å². The van der Waals surface area contributed by atoms with Crippen LogP contribution in [-0.4, -0.2) is 60.9 Å². The Balaban J connectivity index is 1.56. The summed E-state index contributed by atoms with van der Waals surface area (Å²) in [5.74, 6) is 0.147. The maximum atomic E-state index is 12.4. The highest BCUT2D eigenvalue weighted by atomic mass is 35.5. The SMILES string of the molecule is CC(=O)N1CC(C(=O)N2CCN(c3cccc(Cl)c3Cl)CC2)C1. The lowest BCUT2D eigenvalue weighted by atomic mass is 9.98. The van der Waals surface area contributed by atoms with Crippen molar-refractivity contribution in [3.63, 3.8) is 0 Å². The van der Waals surface area contributed by atoms with E-state index >= 15 is 0 Å². The number of nitrogens with zero attached hydrogens (tertiary/aromatic N) is 3. The summed E-state index contributed by atoms with van der Waals surface area (Å²) < 4.78 is 0. The molecule has 0 aliphatic carbocycles. The lowest BCUT2D eigenvalue weighted by Gasteiger charge is -2.43. The van der Waals surface area contributed by atoms with Crippen molar-refractivity contribution in [2.75, 3.05) is 44.2 Å². The smallest absolute Gasteiger partial charge is 0.229 e. The molecule has 2 fully saturated rings. The van der Waals surface area contributed by atoms with Gasteiger partial charge in [0.1, 0.15) is 0 Å². The molecule has 2 saturated heterocycles. The lowest BCUT2D eigenvalue weighted by Crippen LogP contribution is -2.58. The number of carbonyl (C=O) groups excluding carboxylic acids is 2. The molecular formula is C16H19Cl2N3O2. The minimum absolute atomic E-state index is 0.0365. The van der Waals surface area contributed by atoms with E-state index in [0.717, 1.165) is 18.8 Å². The Morgan fingerprint density at radius 1 is 1.04 bits per heavy atom. The summed E-state index contributed by atoms with van der Waals surface area (Å²) >= 11 is 12.3. The first-order valence-electron chi connectivity index (χ1n) is 7.70. The van der Waals surface area contributed by atoms with Gasteiger partial charge in [-0.1, -0.05) is 29.3 Å². The largest absolute Gasteiger partial charge is 0.367 e. The quantitative estimate of drug-likeness (QED) is 0.816. The molecule has 1 aromatic carbocycles. The van der Waals surface area contributed by atoms with Crippen LogP contribution in [0.1, 0.15) is 6.92 Å². The Bertz CT molecular complexity index is 624. The summed E-state index contributed by atoms with van der Waals surface area (Å²) in [6.45, 7) is 5.43. The molecule has 0 saturated carbocycles. The molecule has 2 amide bonds. The molecule has 0 unspecified atom stereocenters. The molecule has 124 valence electrons. The number of amides is 2. The molecule has 0 bridgehead atoms. The summed E-state index contributed by atoms with van der Waals surface area (Å²) in [5, 5.41) is 1.10. The number of hydrogen-bond acceptors (Lipinski definition) is 3. The fourth-order valence-electron chi connectivity index (χ4n) is 3.05. The zero-order chi connectivity index (χ0) is 16.6. The molecule has 0 spiro atoms. The highest BCUT2D eigenvalue weighted by Crippen LogP contribution is 2.33. The van der Waals surface area contributed by atoms with Gasteiger partial charge < -0.3 is 14.7 Å². The zero-order valence-electron chi connectivity index (χ0n) is 13.0. The summed E-state index contributed by atoms with van der Waals surface area (Å²) in [4.78, 5) is 29.4. The van der Waals surface area contributed by atoms with Gasteiger partial charge >= 0.3 is 0 Å². The maximum Gasteiger partial charge on any atom is 0.229 e. The zero-order valence-corrected chi connectivity index (χ0v) is 14.5. The van der Waals surface area contributed by atoms with E-state index in [4.69, 9.17) is 23.2 Å². The standard InChI is InChI=1S/C16H19Cl2N3O2/c1-11(22)21-9-12(10-21)16(23)20-7-5-19(6-8-20)14-4-2-3-13(17)15(14)18/h2-4,12H,5-10H2,1H3. The van der Waals surface area contributed by atoms with Crippen molar-refractivity contribution in [3.8, 4) is 0 Å². The Labute approximate surface area is 145 Å². The highest BCUT2D eigenvalue weighted by molar-refractivity contribution is 6.43. The molecule has 2 aliphatic heterocycles. The summed E-state index contributed by atoms with van der Waals surface area (Å²) in [6.07, 6.45) is 0. The summed E-state index contributed by atoms with van der Waals surface area (Å²) in [6, 6.07) is 5.60. The van der Waals surface area contributed by atoms with E-state index in [1.165, 1.54) is 6.92 Å². The minimum atomic E-state index is -0.0415. The van der Waals surface area contributed by atoms with E-state index < -0.39 is 0 Å². The number of anilines is 1. The molecule has 23 heavy (non-hydrogen) atoms. The van der Waals surface area contributed by atoms with Crippen molar-refractivity contribution in [1.82, 2.24) is 9.80 Å². The summed E-state index contributed by atoms with van der Waals surface area (Å²) in [7, 11) is 0. The highest BCUT2D eigenvalue weighted by Gasteiger charge is 2.37. The molecule has 3 rings (SSSR count). The number of carbonyl (C=O) groups is 2. The third-order valence-electron chi connectivity index (χ3n) is 4.54. The Kier molecular flexibility index (Phi) is 4.69. The van der Waals surface area contributed by atoms with Crippen molar-refractivity contribution in [3.05, 3.63) is 28.2 Å². The van der Waals surface area contributed by atoms with Crippen LogP contribution in [0.4, 0.5) is 5.69 Å². The van der Waals surface area contributed by atoms with Gasteiger partial charge in [0.25, 0.3) is 0 Å². The fourth-order valence-corrected chi connectivity index (χ4v) is 3.47. The van der Waals surface area contributed by atoms with Crippen molar-refractivity contribution >= 4 is 40.7 Å². The van der Waals surface area contributed by atoms with E-state index in [-0.39, 0.29) is 17.7 Å². The number of piperazine rings is 1. The van der Waals surface area contributed by atoms with Gasteiger partial charge in [-0.2, -0.15) is 0 Å². The first-order chi connectivity index (χ1) is 11.0. The van der Waals surface area contributed by atoms with Gasteiger partial charge in [0.2, 0.25) is 11.8 Å². The number of likely N-dealkylation sites (tertiary alicyclic amines) is 1. The average molecular weight is 356 g/mol. The van der Waals surface area contributed by atoms with E-state index in [9.17, 15) is 9.59 Å². The van der Waals surface area contributed by atoms with Gasteiger partial charge in [-0.05, 0) is 12.1 Å². The van der Waals surface area contributed by atoms with Crippen molar-refractivity contribution in [1.29, 1.82) is 0 Å². The predicted molar refractivity (Wildman–Crippen MR) is 91.0 cm³/mol. The first-order valence-corrected chi connectivity index (χ1v) is 8.46. The van der Waals surface area contributed by atoms with Gasteiger partial charge in [-0.15, -0.1) is 0 Å². The Morgan fingerprint density at radius 3 is 2.30 bits per heavy atom. The van der Waals surface area contributed by atoms with Gasteiger partial charge in [-0.25, -0.2) is 0 Å². The monoisotopic (exact) mass is 355 g/mol. The number of benzene rings is 1. The normalized spacial score (nSPS) is 18.8. The molecule has 2 aliphatic rings. The number of rotatable bonds is 2. The number of hydrogen-bond donors (Lipinski definition) is 0. The Hall–Kier alpha value is -1.46. The molecule has 0 aromatic heterocycles. The minimum Gasteiger partial charge on any atom is -0.367 e. The van der Waals surface area contributed by atoms with Crippen molar-refractivity contribution in [2.24, 2.45) is 5.92 Å². The van der Waals surface area contributed by atoms with Crippen LogP contribution in [0.2, 0.25) is 10.0 Å². The van der Waals surface area contributed by atoms with E-state index in [2.05, 4.69) is 4.90 Å². The molecule has 5 nitrogen and oxygen atoms in total. The Morgan fingerprint density at radius 2 is 1.70 bits per heavy atom. The van der Waals surface area contributed by atoms with Crippen molar-refractivity contribution < 1.29 is 9.59 Å². The molecule has 7 heteroatoms. The van der Waals surface area contributed by atoms with Gasteiger partial charge in [0.15, 0.2) is 0 Å².